The summed E-state index contributed by atoms with van der Waals surface area (Å²) in [5.74, 6) is -0.409. The van der Waals surface area contributed by atoms with E-state index < -0.39 is 16.8 Å². The predicted molar refractivity (Wildman–Crippen MR) is 52.8 cm³/mol. The Morgan fingerprint density at radius 1 is 1.71 bits per heavy atom. The van der Waals surface area contributed by atoms with E-state index in [0.29, 0.717) is 12.2 Å². The molecule has 1 atom stereocenters. The summed E-state index contributed by atoms with van der Waals surface area (Å²) in [6, 6.07) is 1.50. The molecule has 0 radical (unpaired) electrons. The van der Waals surface area contributed by atoms with E-state index in [9.17, 15) is 9.00 Å². The van der Waals surface area contributed by atoms with Crippen LogP contribution in [-0.2, 0) is 17.2 Å². The molecule has 0 aromatic carbocycles. The lowest BCUT2D eigenvalue weighted by Crippen LogP contribution is -1.96. The summed E-state index contributed by atoms with van der Waals surface area (Å²) in [6.07, 6.45) is 3.10. The highest BCUT2D eigenvalue weighted by Gasteiger charge is 2.07. The number of carboxylic acids is 1. The molecule has 0 saturated heterocycles. The number of nitrogens with one attached hydrogen (secondary N) is 1. The normalized spacial score (nSPS) is 12.6. The number of aromatic amines is 1. The highest BCUT2D eigenvalue weighted by molar-refractivity contribution is 7.84. The minimum absolute atomic E-state index is 0.0256. The quantitative estimate of drug-likeness (QED) is 0.747. The lowest BCUT2D eigenvalue weighted by Gasteiger charge is -1.94. The van der Waals surface area contributed by atoms with Crippen molar-refractivity contribution in [3.05, 3.63) is 17.5 Å². The zero-order valence-electron chi connectivity index (χ0n) is 7.82. The highest BCUT2D eigenvalue weighted by Crippen LogP contribution is 2.02. The van der Waals surface area contributed by atoms with E-state index in [4.69, 9.17) is 5.11 Å². The molecular formula is C8H12N2O3S. The van der Waals surface area contributed by atoms with Crippen molar-refractivity contribution in [2.75, 3.05) is 12.0 Å². The minimum Gasteiger partial charge on any atom is -0.476 e. The fourth-order valence-corrected chi connectivity index (χ4v) is 1.62. The summed E-state index contributed by atoms with van der Waals surface area (Å²) in [4.78, 5) is 10.5. The van der Waals surface area contributed by atoms with Crippen molar-refractivity contribution in [1.82, 2.24) is 10.2 Å². The molecule has 0 spiro atoms. The van der Waals surface area contributed by atoms with Gasteiger partial charge in [0.15, 0.2) is 5.69 Å². The molecule has 1 aromatic rings. The standard InChI is InChI=1S/C8H12N2O3S/c1-14(13)4-2-3-6-5-7(8(11)12)10-9-6/h5H,2-4H2,1H3,(H,9,10)(H,11,12). The second-order valence-corrected chi connectivity index (χ2v) is 4.52. The third-order valence-corrected chi connectivity index (χ3v) is 2.59. The second-order valence-electron chi connectivity index (χ2n) is 2.96. The van der Waals surface area contributed by atoms with Crippen LogP contribution < -0.4 is 0 Å². The Morgan fingerprint density at radius 2 is 2.43 bits per heavy atom. The number of hydrogen-bond acceptors (Lipinski definition) is 3. The average molecular weight is 216 g/mol. The van der Waals surface area contributed by atoms with Crippen molar-refractivity contribution in [2.24, 2.45) is 0 Å². The van der Waals surface area contributed by atoms with Gasteiger partial charge in [0.1, 0.15) is 0 Å². The highest BCUT2D eigenvalue weighted by atomic mass is 32.2. The first-order chi connectivity index (χ1) is 6.59. The van der Waals surface area contributed by atoms with Crippen LogP contribution in [-0.4, -0.2) is 37.5 Å². The molecule has 1 rings (SSSR count). The summed E-state index contributed by atoms with van der Waals surface area (Å²) < 4.78 is 10.7. The lowest BCUT2D eigenvalue weighted by molar-refractivity contribution is 0.0690. The molecule has 14 heavy (non-hydrogen) atoms. The number of hydrogen-bond donors (Lipinski definition) is 2. The fourth-order valence-electron chi connectivity index (χ4n) is 1.07. The first kappa shape index (κ1) is 10.9. The van der Waals surface area contributed by atoms with Crippen molar-refractivity contribution in [1.29, 1.82) is 0 Å². The lowest BCUT2D eigenvalue weighted by atomic mass is 10.2. The fraction of sp³-hybridized carbons (Fsp3) is 0.500. The van der Waals surface area contributed by atoms with E-state index >= 15 is 0 Å². The van der Waals surface area contributed by atoms with E-state index in [0.717, 1.165) is 12.1 Å². The topological polar surface area (TPSA) is 83.1 Å². The van der Waals surface area contributed by atoms with E-state index in [1.165, 1.54) is 6.07 Å². The summed E-state index contributed by atoms with van der Waals surface area (Å²) >= 11 is 0. The Morgan fingerprint density at radius 3 is 2.93 bits per heavy atom. The molecule has 78 valence electrons. The number of nitrogens with zero attached hydrogens (tertiary/aromatic N) is 1. The molecule has 0 bridgehead atoms. The van der Waals surface area contributed by atoms with Gasteiger partial charge in [0, 0.05) is 28.5 Å². The number of carbonyl (C=O) groups is 1. The van der Waals surface area contributed by atoms with Crippen LogP contribution in [0.3, 0.4) is 0 Å². The van der Waals surface area contributed by atoms with Crippen molar-refractivity contribution < 1.29 is 14.1 Å². The molecule has 1 aromatic heterocycles. The number of carboxylic acid groups (broad SMARTS) is 1. The second kappa shape index (κ2) is 4.90. The molecule has 0 saturated carbocycles. The predicted octanol–water partition coefficient (Wildman–Crippen LogP) is 0.419. The van der Waals surface area contributed by atoms with Gasteiger partial charge in [-0.3, -0.25) is 9.31 Å². The Bertz CT molecular complexity index is 348. The van der Waals surface area contributed by atoms with Gasteiger partial charge in [0.2, 0.25) is 0 Å². The van der Waals surface area contributed by atoms with E-state index in [-0.39, 0.29) is 5.69 Å². The van der Waals surface area contributed by atoms with Crippen LogP contribution in [0.15, 0.2) is 6.07 Å². The average Bonchev–Trinajstić information content (AvgIpc) is 2.52. The Hall–Kier alpha value is -1.17. The van der Waals surface area contributed by atoms with E-state index in [1.807, 2.05) is 0 Å². The van der Waals surface area contributed by atoms with Crippen molar-refractivity contribution in [3.8, 4) is 0 Å². The van der Waals surface area contributed by atoms with Gasteiger partial charge in [-0.2, -0.15) is 5.10 Å². The molecule has 0 fully saturated rings. The number of rotatable bonds is 5. The molecule has 6 heteroatoms. The molecule has 0 aliphatic rings. The maximum Gasteiger partial charge on any atom is 0.356 e. The number of aromatic carboxylic acids is 1. The van der Waals surface area contributed by atoms with E-state index in [1.54, 1.807) is 6.26 Å². The van der Waals surface area contributed by atoms with Gasteiger partial charge in [0.05, 0.1) is 0 Å². The summed E-state index contributed by atoms with van der Waals surface area (Å²) in [5.41, 5.74) is 0.797. The van der Waals surface area contributed by atoms with Crippen molar-refractivity contribution in [2.45, 2.75) is 12.8 Å². The Labute approximate surface area is 84.0 Å². The van der Waals surface area contributed by atoms with Gasteiger partial charge >= 0.3 is 5.97 Å². The monoisotopic (exact) mass is 216 g/mol. The number of aryl methyl sites for hydroxylation is 1. The van der Waals surface area contributed by atoms with Crippen LogP contribution in [0.4, 0.5) is 0 Å². The smallest absolute Gasteiger partial charge is 0.356 e. The van der Waals surface area contributed by atoms with Gasteiger partial charge in [-0.15, -0.1) is 0 Å². The first-order valence-electron chi connectivity index (χ1n) is 4.17. The van der Waals surface area contributed by atoms with Crippen LogP contribution in [0.5, 0.6) is 0 Å². The minimum atomic E-state index is -1.04. The van der Waals surface area contributed by atoms with Crippen LogP contribution >= 0.6 is 0 Å². The third kappa shape index (κ3) is 3.29. The van der Waals surface area contributed by atoms with E-state index in [2.05, 4.69) is 10.2 Å². The summed E-state index contributed by atoms with van der Waals surface area (Å²) in [7, 11) is -0.792. The maximum absolute atomic E-state index is 10.7. The van der Waals surface area contributed by atoms with Gasteiger partial charge in [-0.05, 0) is 18.9 Å². The number of H-pyrrole nitrogens is 1. The van der Waals surface area contributed by atoms with Crippen LogP contribution in [0.1, 0.15) is 22.6 Å². The van der Waals surface area contributed by atoms with Crippen molar-refractivity contribution in [3.63, 3.8) is 0 Å². The molecule has 0 aliphatic carbocycles. The molecule has 0 aliphatic heterocycles. The van der Waals surface area contributed by atoms with Gasteiger partial charge in [-0.1, -0.05) is 0 Å². The van der Waals surface area contributed by atoms with Gasteiger partial charge in [0.25, 0.3) is 0 Å². The Balaban J connectivity index is 2.44. The van der Waals surface area contributed by atoms with Gasteiger partial charge in [-0.25, -0.2) is 4.79 Å². The zero-order valence-corrected chi connectivity index (χ0v) is 8.63. The third-order valence-electron chi connectivity index (χ3n) is 1.73. The van der Waals surface area contributed by atoms with Crippen LogP contribution in [0.2, 0.25) is 0 Å². The van der Waals surface area contributed by atoms with Crippen LogP contribution in [0, 0.1) is 0 Å². The largest absolute Gasteiger partial charge is 0.476 e. The molecule has 0 amide bonds. The first-order valence-corrected chi connectivity index (χ1v) is 5.90. The maximum atomic E-state index is 10.7. The van der Waals surface area contributed by atoms with Crippen molar-refractivity contribution >= 4 is 16.8 Å². The molecule has 1 unspecified atom stereocenters. The molecule has 2 N–H and O–H groups in total. The van der Waals surface area contributed by atoms with Gasteiger partial charge < -0.3 is 5.11 Å². The summed E-state index contributed by atoms with van der Waals surface area (Å²) in [6.45, 7) is 0. The SMILES string of the molecule is CS(=O)CCCc1cc(C(=O)O)n[nH]1. The number of aromatic nitrogens is 2. The molecule has 1 heterocycles. The Kier molecular flexibility index (Phi) is 3.82. The molecule has 5 nitrogen and oxygen atoms in total. The summed E-state index contributed by atoms with van der Waals surface area (Å²) in [5, 5.41) is 14.8. The van der Waals surface area contributed by atoms with Crippen LogP contribution in [0.25, 0.3) is 0 Å². The zero-order chi connectivity index (χ0) is 10.6. The molecular weight excluding hydrogens is 204 g/mol.